The van der Waals surface area contributed by atoms with E-state index < -0.39 is 46.8 Å². The van der Waals surface area contributed by atoms with Crippen LogP contribution in [0, 0.1) is 36.0 Å². The maximum absolute atomic E-state index is 15.1. The number of benzene rings is 4. The van der Waals surface area contributed by atoms with Crippen molar-refractivity contribution in [1.82, 2.24) is 14.8 Å². The summed E-state index contributed by atoms with van der Waals surface area (Å²) in [5.41, 5.74) is 4.09. The van der Waals surface area contributed by atoms with Crippen LogP contribution >= 0.6 is 22.9 Å². The molecule has 2 aliphatic carbocycles. The maximum atomic E-state index is 15.1. The minimum atomic E-state index is -1.33. The van der Waals surface area contributed by atoms with Gasteiger partial charge in [0, 0.05) is 39.9 Å². The number of fused-ring (bicyclic) bond motifs is 6. The molecule has 298 valence electrons. The van der Waals surface area contributed by atoms with Crippen LogP contribution in [0.15, 0.2) is 113 Å². The number of phenols is 1. The number of aromatic hydroxyl groups is 1. The van der Waals surface area contributed by atoms with Gasteiger partial charge in [-0.15, -0.1) is 11.3 Å². The quantitative estimate of drug-likeness (QED) is 0.134. The number of aromatic nitrogens is 3. The number of nitrogens with zero attached hydrogens (tertiary/aromatic N) is 5. The van der Waals surface area contributed by atoms with Crippen LogP contribution in [-0.4, -0.2) is 43.5 Å². The summed E-state index contributed by atoms with van der Waals surface area (Å²) < 4.78 is 8.55. The molecule has 4 aliphatic rings. The van der Waals surface area contributed by atoms with E-state index in [1.54, 1.807) is 77.7 Å². The Labute approximate surface area is 352 Å². The molecule has 1 saturated carbocycles. The van der Waals surface area contributed by atoms with Crippen molar-refractivity contribution in [3.05, 3.63) is 125 Å². The lowest BCUT2D eigenvalue weighted by Gasteiger charge is -2.49. The number of carbonyl (C=O) groups is 4. The molecule has 4 amide bonds. The summed E-state index contributed by atoms with van der Waals surface area (Å²) in [6.07, 6.45) is 2.44. The van der Waals surface area contributed by atoms with Gasteiger partial charge in [-0.05, 0) is 104 Å². The molecule has 3 fully saturated rings. The number of phenolic OH excluding ortho intramolecular Hbond substituents is 1. The molecule has 60 heavy (non-hydrogen) atoms. The third-order valence-electron chi connectivity index (χ3n) is 13.4. The van der Waals surface area contributed by atoms with E-state index in [1.807, 2.05) is 62.4 Å². The molecule has 2 aliphatic heterocycles. The molecule has 11 nitrogen and oxygen atoms in total. The fraction of sp³-hybridized carbons (Fsp3) is 0.234. The fourth-order valence-electron chi connectivity index (χ4n) is 10.5. The number of halogens is 1. The van der Waals surface area contributed by atoms with Crippen LogP contribution in [0.3, 0.4) is 0 Å². The number of oxazole rings is 1. The molecule has 7 aromatic rings. The molecule has 0 radical (unpaired) electrons. The van der Waals surface area contributed by atoms with Crippen molar-refractivity contribution >= 4 is 79.3 Å². The minimum absolute atomic E-state index is 0.0116. The normalized spacial score (nSPS) is 25.0. The van der Waals surface area contributed by atoms with Crippen LogP contribution in [0.25, 0.3) is 43.2 Å². The van der Waals surface area contributed by atoms with Crippen molar-refractivity contribution in [2.75, 3.05) is 9.80 Å². The lowest BCUT2D eigenvalue weighted by atomic mass is 9.51. The number of hydrogen-bond donors (Lipinski definition) is 1. The van der Waals surface area contributed by atoms with Crippen molar-refractivity contribution in [1.29, 1.82) is 0 Å². The van der Waals surface area contributed by atoms with Gasteiger partial charge in [0.1, 0.15) is 22.8 Å². The molecule has 3 aromatic heterocycles. The molecule has 11 rings (SSSR count). The number of aryl methyl sites for hydroxylation is 2. The highest BCUT2D eigenvalue weighted by Gasteiger charge is 2.68. The number of amides is 4. The molecule has 2 saturated heterocycles. The number of rotatable bonds is 5. The summed E-state index contributed by atoms with van der Waals surface area (Å²) in [6, 6.07) is 28.9. The third kappa shape index (κ3) is 5.07. The van der Waals surface area contributed by atoms with E-state index in [0.717, 1.165) is 31.6 Å². The SMILES string of the molecule is Cc1c(-c2cc(N3C(=O)C4CC5C(=CCC6C(=O)N(c7ccc(-c8nc9ccccc9o8)cc7)C(=O)C65)C(c5ccccc5O)C4(C)C3=O)n(C)n2)sc2ccc(Cl)cc12. The standard InChI is InChI=1S/C47H36ClN5O6S/c1-23-30-20-25(48)14-19-37(30)60-41(23)34-22-38(51(3)50-34)53-44(56)32-21-31-27(40(47(32,2)46(53)58)28-8-4-6-10-35(28)54)17-18-29-39(31)45(57)52(43(29)55)26-15-12-24(13-16-26)42-49-33-9-5-7-11-36(33)59-42/h4-17,19-20,22,29,31-32,39-40,54H,18,21H2,1-3H3. The Morgan fingerprint density at radius 2 is 1.65 bits per heavy atom. The van der Waals surface area contributed by atoms with Crippen LogP contribution in [0.5, 0.6) is 5.75 Å². The molecule has 6 unspecified atom stereocenters. The van der Waals surface area contributed by atoms with Gasteiger partial charge in [-0.2, -0.15) is 5.10 Å². The first-order valence-electron chi connectivity index (χ1n) is 19.9. The minimum Gasteiger partial charge on any atom is -0.508 e. The fourth-order valence-corrected chi connectivity index (χ4v) is 11.8. The van der Waals surface area contributed by atoms with E-state index in [9.17, 15) is 19.5 Å². The Bertz CT molecular complexity index is 3020. The smallest absolute Gasteiger partial charge is 0.242 e. The summed E-state index contributed by atoms with van der Waals surface area (Å²) in [7, 11) is 1.72. The van der Waals surface area contributed by atoms with Gasteiger partial charge in [-0.25, -0.2) is 9.88 Å². The average molecular weight is 834 g/mol. The Hall–Kier alpha value is -6.37. The summed E-state index contributed by atoms with van der Waals surface area (Å²) >= 11 is 7.90. The Morgan fingerprint density at radius 1 is 0.883 bits per heavy atom. The number of anilines is 2. The first kappa shape index (κ1) is 36.7. The Kier molecular flexibility index (Phi) is 7.99. The van der Waals surface area contributed by atoms with Gasteiger partial charge in [-0.1, -0.05) is 53.6 Å². The Balaban J connectivity index is 0.962. The van der Waals surface area contributed by atoms with Crippen LogP contribution < -0.4 is 9.80 Å². The third-order valence-corrected chi connectivity index (χ3v) is 14.9. The van der Waals surface area contributed by atoms with Crippen molar-refractivity contribution in [2.45, 2.75) is 32.6 Å². The highest BCUT2D eigenvalue weighted by atomic mass is 35.5. The summed E-state index contributed by atoms with van der Waals surface area (Å²) in [4.78, 5) is 67.1. The second-order valence-corrected chi connectivity index (χ2v) is 18.0. The summed E-state index contributed by atoms with van der Waals surface area (Å²) in [5.74, 6) is -4.29. The zero-order valence-corrected chi connectivity index (χ0v) is 34.2. The lowest BCUT2D eigenvalue weighted by molar-refractivity contribution is -0.131. The van der Waals surface area contributed by atoms with Gasteiger partial charge in [0.05, 0.1) is 33.7 Å². The molecule has 6 atom stereocenters. The number of thiophene rings is 1. The van der Waals surface area contributed by atoms with Gasteiger partial charge >= 0.3 is 0 Å². The lowest BCUT2D eigenvalue weighted by Crippen LogP contribution is -2.49. The molecule has 1 N–H and O–H groups in total. The van der Waals surface area contributed by atoms with E-state index >= 15 is 4.79 Å². The van der Waals surface area contributed by atoms with Crippen LogP contribution in [0.1, 0.15) is 36.8 Å². The van der Waals surface area contributed by atoms with Gasteiger partial charge in [0.25, 0.3) is 0 Å². The van der Waals surface area contributed by atoms with Crippen molar-refractivity contribution in [2.24, 2.45) is 36.1 Å². The monoisotopic (exact) mass is 833 g/mol. The second-order valence-electron chi connectivity index (χ2n) is 16.5. The molecule has 0 bridgehead atoms. The van der Waals surface area contributed by atoms with E-state index in [4.69, 9.17) is 21.1 Å². The number of carbonyl (C=O) groups excluding carboxylic acids is 4. The predicted molar refractivity (Wildman–Crippen MR) is 228 cm³/mol. The van der Waals surface area contributed by atoms with Gasteiger partial charge < -0.3 is 9.52 Å². The van der Waals surface area contributed by atoms with Crippen molar-refractivity contribution < 1.29 is 28.7 Å². The zero-order valence-electron chi connectivity index (χ0n) is 32.6. The second kappa shape index (κ2) is 13.1. The molecule has 4 aromatic carbocycles. The molecule has 13 heteroatoms. The average Bonchev–Trinajstić information content (AvgIpc) is 4.03. The first-order valence-corrected chi connectivity index (χ1v) is 21.1. The largest absolute Gasteiger partial charge is 0.508 e. The molecule has 5 heterocycles. The number of imide groups is 2. The number of hydrogen-bond acceptors (Lipinski definition) is 9. The van der Waals surface area contributed by atoms with E-state index in [-0.39, 0.29) is 30.4 Å². The van der Waals surface area contributed by atoms with E-state index in [2.05, 4.69) is 4.98 Å². The predicted octanol–water partition coefficient (Wildman–Crippen LogP) is 9.21. The zero-order chi connectivity index (χ0) is 41.4. The highest BCUT2D eigenvalue weighted by molar-refractivity contribution is 7.22. The van der Waals surface area contributed by atoms with E-state index in [0.29, 0.717) is 44.8 Å². The van der Waals surface area contributed by atoms with Crippen LogP contribution in [0.2, 0.25) is 5.02 Å². The van der Waals surface area contributed by atoms with Crippen molar-refractivity contribution in [3.63, 3.8) is 0 Å². The molecule has 0 spiro atoms. The number of para-hydroxylation sites is 3. The number of allylic oxidation sites excluding steroid dienone is 2. The maximum Gasteiger partial charge on any atom is 0.242 e. The van der Waals surface area contributed by atoms with Crippen molar-refractivity contribution in [3.8, 4) is 27.8 Å². The molecular weight excluding hydrogens is 798 g/mol. The first-order chi connectivity index (χ1) is 28.9. The van der Waals surface area contributed by atoms with Crippen LogP contribution in [0.4, 0.5) is 11.5 Å². The van der Waals surface area contributed by atoms with Gasteiger partial charge in [0.2, 0.25) is 29.5 Å². The van der Waals surface area contributed by atoms with E-state index in [1.165, 1.54) is 9.80 Å². The Morgan fingerprint density at radius 3 is 2.43 bits per heavy atom. The topological polar surface area (TPSA) is 139 Å². The molecular formula is C47H36ClN5O6S. The van der Waals surface area contributed by atoms with Gasteiger partial charge in [0.15, 0.2) is 5.58 Å². The highest BCUT2D eigenvalue weighted by Crippen LogP contribution is 2.64. The van der Waals surface area contributed by atoms with Gasteiger partial charge in [-0.3, -0.25) is 28.8 Å². The summed E-state index contributed by atoms with van der Waals surface area (Å²) in [6.45, 7) is 3.81. The summed E-state index contributed by atoms with van der Waals surface area (Å²) in [5, 5.41) is 17.9. The van der Waals surface area contributed by atoms with Crippen LogP contribution in [-0.2, 0) is 26.2 Å².